The molecule has 0 aliphatic carbocycles. The zero-order valence-corrected chi connectivity index (χ0v) is 12.1. The molecule has 1 unspecified atom stereocenters. The summed E-state index contributed by atoms with van der Waals surface area (Å²) in [5.41, 5.74) is 1.74. The molecule has 0 aliphatic heterocycles. The Morgan fingerprint density at radius 3 is 2.14 bits per heavy atom. The molecule has 1 aromatic heterocycles. The number of aromatic nitrogens is 1. The van der Waals surface area contributed by atoms with Crippen molar-refractivity contribution in [3.63, 3.8) is 0 Å². The second-order valence-electron chi connectivity index (χ2n) is 4.87. The Morgan fingerprint density at radius 1 is 1.05 bits per heavy atom. The lowest BCUT2D eigenvalue weighted by molar-refractivity contribution is -0.117. The van der Waals surface area contributed by atoms with Gasteiger partial charge in [0, 0.05) is 29.3 Å². The van der Waals surface area contributed by atoms with Crippen molar-refractivity contribution in [2.45, 2.75) is 19.4 Å². The average Bonchev–Trinajstić information content (AvgIpc) is 2.49. The third kappa shape index (κ3) is 4.68. The number of carbonyl (C=O) groups excluding carboxylic acids is 2. The highest BCUT2D eigenvalue weighted by atomic mass is 16.3. The number of nitrogens with zero attached hydrogens (tertiary/aromatic N) is 1. The van der Waals surface area contributed by atoms with Crippen LogP contribution in [0.15, 0.2) is 48.8 Å². The van der Waals surface area contributed by atoms with E-state index >= 15 is 0 Å². The van der Waals surface area contributed by atoms with Crippen molar-refractivity contribution in [2.75, 3.05) is 10.6 Å². The molecule has 1 heterocycles. The van der Waals surface area contributed by atoms with Crippen molar-refractivity contribution in [3.05, 3.63) is 54.4 Å². The molecule has 6 heteroatoms. The van der Waals surface area contributed by atoms with Crippen molar-refractivity contribution < 1.29 is 14.7 Å². The summed E-state index contributed by atoms with van der Waals surface area (Å²) in [4.78, 5) is 27.3. The third-order valence-corrected chi connectivity index (χ3v) is 2.85. The van der Waals surface area contributed by atoms with Gasteiger partial charge in [0.15, 0.2) is 0 Å². The van der Waals surface area contributed by atoms with E-state index in [9.17, 15) is 9.59 Å². The third-order valence-electron chi connectivity index (χ3n) is 2.85. The predicted molar refractivity (Wildman–Crippen MR) is 83.6 cm³/mol. The van der Waals surface area contributed by atoms with Crippen LogP contribution in [-0.4, -0.2) is 28.0 Å². The van der Waals surface area contributed by atoms with Crippen LogP contribution in [0.5, 0.6) is 0 Å². The quantitative estimate of drug-likeness (QED) is 0.788. The van der Waals surface area contributed by atoms with Crippen LogP contribution >= 0.6 is 0 Å². The van der Waals surface area contributed by atoms with Gasteiger partial charge in [0.1, 0.15) is 0 Å². The van der Waals surface area contributed by atoms with Crippen LogP contribution in [0, 0.1) is 0 Å². The van der Waals surface area contributed by atoms with E-state index < -0.39 is 6.10 Å². The lowest BCUT2D eigenvalue weighted by atomic mass is 10.2. The van der Waals surface area contributed by atoms with Crippen LogP contribution in [0.4, 0.5) is 11.4 Å². The first-order valence-electron chi connectivity index (χ1n) is 6.84. The molecule has 0 spiro atoms. The number of nitrogens with one attached hydrogen (secondary N) is 2. The number of rotatable bonds is 5. The Morgan fingerprint density at radius 2 is 1.59 bits per heavy atom. The average molecular weight is 299 g/mol. The normalized spacial score (nSPS) is 11.5. The molecule has 114 valence electrons. The smallest absolute Gasteiger partial charge is 0.255 e. The molecule has 6 nitrogen and oxygen atoms in total. The number of hydrogen-bond acceptors (Lipinski definition) is 4. The minimum atomic E-state index is -0.682. The van der Waals surface area contributed by atoms with E-state index in [2.05, 4.69) is 15.6 Å². The maximum absolute atomic E-state index is 12.0. The number of hydrogen-bond donors (Lipinski definition) is 3. The SMILES string of the molecule is CC(O)CC(=O)Nc1ccc(NC(=O)c2ccncc2)cc1. The molecule has 0 fully saturated rings. The molecule has 0 radical (unpaired) electrons. The standard InChI is InChI=1S/C16H17N3O3/c1-11(20)10-15(21)18-13-2-4-14(5-3-13)19-16(22)12-6-8-17-9-7-12/h2-9,11,20H,10H2,1H3,(H,18,21)(H,19,22). The monoisotopic (exact) mass is 299 g/mol. The number of benzene rings is 1. The highest BCUT2D eigenvalue weighted by Crippen LogP contribution is 2.15. The molecule has 2 amide bonds. The van der Waals surface area contributed by atoms with E-state index in [0.29, 0.717) is 16.9 Å². The van der Waals surface area contributed by atoms with E-state index in [1.165, 1.54) is 0 Å². The molecule has 0 saturated heterocycles. The first-order chi connectivity index (χ1) is 10.5. The highest BCUT2D eigenvalue weighted by molar-refractivity contribution is 6.04. The molecule has 0 bridgehead atoms. The van der Waals surface area contributed by atoms with Gasteiger partial charge in [-0.25, -0.2) is 0 Å². The lowest BCUT2D eigenvalue weighted by Gasteiger charge is -2.08. The summed E-state index contributed by atoms with van der Waals surface area (Å²) in [7, 11) is 0. The maximum Gasteiger partial charge on any atom is 0.255 e. The molecule has 1 aromatic carbocycles. The molecule has 2 aromatic rings. The minimum Gasteiger partial charge on any atom is -0.393 e. The van der Waals surface area contributed by atoms with Crippen molar-refractivity contribution in [1.29, 1.82) is 0 Å². The number of pyridine rings is 1. The van der Waals surface area contributed by atoms with Gasteiger partial charge in [-0.3, -0.25) is 14.6 Å². The van der Waals surface area contributed by atoms with Crippen molar-refractivity contribution in [2.24, 2.45) is 0 Å². The largest absolute Gasteiger partial charge is 0.393 e. The van der Waals surface area contributed by atoms with Crippen LogP contribution in [0.2, 0.25) is 0 Å². The number of aliphatic hydroxyl groups excluding tert-OH is 1. The van der Waals surface area contributed by atoms with Gasteiger partial charge in [-0.1, -0.05) is 0 Å². The Kier molecular flexibility index (Phi) is 5.21. The number of amides is 2. The van der Waals surface area contributed by atoms with Gasteiger partial charge in [0.05, 0.1) is 12.5 Å². The van der Waals surface area contributed by atoms with Gasteiger partial charge in [-0.2, -0.15) is 0 Å². The van der Waals surface area contributed by atoms with Crippen LogP contribution in [0.3, 0.4) is 0 Å². The Bertz CT molecular complexity index is 639. The zero-order valence-electron chi connectivity index (χ0n) is 12.1. The van der Waals surface area contributed by atoms with E-state index in [-0.39, 0.29) is 18.2 Å². The van der Waals surface area contributed by atoms with E-state index in [1.54, 1.807) is 55.7 Å². The van der Waals surface area contributed by atoms with E-state index in [4.69, 9.17) is 5.11 Å². The molecule has 3 N–H and O–H groups in total. The summed E-state index contributed by atoms with van der Waals surface area (Å²) < 4.78 is 0. The lowest BCUT2D eigenvalue weighted by Crippen LogP contribution is -2.17. The summed E-state index contributed by atoms with van der Waals surface area (Å²) in [6.07, 6.45) is 2.46. The van der Waals surface area contributed by atoms with Gasteiger partial charge >= 0.3 is 0 Å². The Labute approximate surface area is 128 Å². The minimum absolute atomic E-state index is 0.0422. The molecule has 0 saturated carbocycles. The summed E-state index contributed by atoms with van der Waals surface area (Å²) in [6.45, 7) is 1.55. The topological polar surface area (TPSA) is 91.3 Å². The van der Waals surface area contributed by atoms with Crippen LogP contribution in [0.1, 0.15) is 23.7 Å². The highest BCUT2D eigenvalue weighted by Gasteiger charge is 2.07. The van der Waals surface area contributed by atoms with Crippen molar-refractivity contribution in [1.82, 2.24) is 4.98 Å². The molecular weight excluding hydrogens is 282 g/mol. The maximum atomic E-state index is 12.0. The summed E-state index contributed by atoms with van der Waals surface area (Å²) in [5.74, 6) is -0.489. The van der Waals surface area contributed by atoms with E-state index in [0.717, 1.165) is 0 Å². The first-order valence-corrected chi connectivity index (χ1v) is 6.84. The Hall–Kier alpha value is -2.73. The Balaban J connectivity index is 1.95. The van der Waals surface area contributed by atoms with Gasteiger partial charge < -0.3 is 15.7 Å². The molecule has 1 atom stereocenters. The van der Waals surface area contributed by atoms with Gasteiger partial charge in [-0.15, -0.1) is 0 Å². The summed E-state index contributed by atoms with van der Waals surface area (Å²) >= 11 is 0. The van der Waals surface area contributed by atoms with Crippen molar-refractivity contribution in [3.8, 4) is 0 Å². The molecule has 0 aliphatic rings. The van der Waals surface area contributed by atoms with Gasteiger partial charge in [0.2, 0.25) is 5.91 Å². The first kappa shape index (κ1) is 15.7. The van der Waals surface area contributed by atoms with Crippen LogP contribution < -0.4 is 10.6 Å². The fourth-order valence-electron chi connectivity index (χ4n) is 1.82. The molecular formula is C16H17N3O3. The second-order valence-corrected chi connectivity index (χ2v) is 4.87. The second kappa shape index (κ2) is 7.33. The predicted octanol–water partition coefficient (Wildman–Crippen LogP) is 2.04. The van der Waals surface area contributed by atoms with Crippen molar-refractivity contribution >= 4 is 23.2 Å². The number of aliphatic hydroxyl groups is 1. The number of anilines is 2. The summed E-state index contributed by atoms with van der Waals surface area (Å²) in [6, 6.07) is 10.00. The van der Waals surface area contributed by atoms with E-state index in [1.807, 2.05) is 0 Å². The van der Waals surface area contributed by atoms with Crippen LogP contribution in [-0.2, 0) is 4.79 Å². The summed E-state index contributed by atoms with van der Waals surface area (Å²) in [5, 5.41) is 14.6. The fraction of sp³-hybridized carbons (Fsp3) is 0.188. The molecule has 2 rings (SSSR count). The van der Waals surface area contributed by atoms with Gasteiger partial charge in [-0.05, 0) is 43.3 Å². The fourth-order valence-corrected chi connectivity index (χ4v) is 1.82. The van der Waals surface area contributed by atoms with Crippen LogP contribution in [0.25, 0.3) is 0 Å². The van der Waals surface area contributed by atoms with Gasteiger partial charge in [0.25, 0.3) is 5.91 Å². The molecule has 22 heavy (non-hydrogen) atoms. The number of carbonyl (C=O) groups is 2. The zero-order chi connectivity index (χ0) is 15.9.